The van der Waals surface area contributed by atoms with E-state index < -0.39 is 12.2 Å². The summed E-state index contributed by atoms with van der Waals surface area (Å²) in [5.74, 6) is 0.333. The first-order valence-electron chi connectivity index (χ1n) is 8.89. The first-order chi connectivity index (χ1) is 13.7. The van der Waals surface area contributed by atoms with Crippen molar-refractivity contribution in [1.82, 2.24) is 15.2 Å². The van der Waals surface area contributed by atoms with Crippen molar-refractivity contribution in [3.8, 4) is 17.1 Å². The molecule has 0 saturated heterocycles. The van der Waals surface area contributed by atoms with E-state index in [4.69, 9.17) is 9.84 Å². The minimum Gasteiger partial charge on any atom is -0.478 e. The number of aromatic nitrogens is 3. The smallest absolute Gasteiger partial charge is 0.335 e. The van der Waals surface area contributed by atoms with Crippen LogP contribution in [0.4, 0.5) is 5.69 Å². The maximum Gasteiger partial charge on any atom is 0.335 e. The highest BCUT2D eigenvalue weighted by Gasteiger charge is 2.26. The van der Waals surface area contributed by atoms with Gasteiger partial charge < -0.3 is 15.2 Å². The molecule has 0 amide bonds. The number of anilines is 1. The van der Waals surface area contributed by atoms with Gasteiger partial charge in [0.1, 0.15) is 0 Å². The third-order valence-corrected chi connectivity index (χ3v) is 5.27. The van der Waals surface area contributed by atoms with E-state index >= 15 is 0 Å². The molecule has 0 aliphatic carbocycles. The molecule has 0 fully saturated rings. The molecule has 3 aromatic rings. The zero-order valence-electron chi connectivity index (χ0n) is 15.1. The fourth-order valence-corrected chi connectivity index (χ4v) is 3.49. The molecule has 0 bridgehead atoms. The summed E-state index contributed by atoms with van der Waals surface area (Å²) in [5, 5.41) is 21.6. The maximum atomic E-state index is 11.1. The summed E-state index contributed by atoms with van der Waals surface area (Å²) >= 11 is 1.53. The first-order valence-corrected chi connectivity index (χ1v) is 9.87. The number of carbonyl (C=O) groups is 1. The Bertz CT molecular complexity index is 1010. The van der Waals surface area contributed by atoms with Crippen molar-refractivity contribution < 1.29 is 14.6 Å². The van der Waals surface area contributed by atoms with Gasteiger partial charge in [-0.3, -0.25) is 0 Å². The summed E-state index contributed by atoms with van der Waals surface area (Å²) in [6.45, 7) is 2.09. The number of hydrogen-bond donors (Lipinski definition) is 2. The lowest BCUT2D eigenvalue weighted by Gasteiger charge is -2.19. The highest BCUT2D eigenvalue weighted by molar-refractivity contribution is 7.99. The quantitative estimate of drug-likeness (QED) is 0.620. The lowest BCUT2D eigenvalue weighted by Crippen LogP contribution is -2.17. The van der Waals surface area contributed by atoms with Gasteiger partial charge in [-0.05, 0) is 24.6 Å². The van der Waals surface area contributed by atoms with Gasteiger partial charge in [0.2, 0.25) is 11.0 Å². The molecule has 142 valence electrons. The van der Waals surface area contributed by atoms with Gasteiger partial charge in [-0.2, -0.15) is 4.98 Å². The summed E-state index contributed by atoms with van der Waals surface area (Å²) in [6.07, 6.45) is 0.473. The van der Waals surface area contributed by atoms with Gasteiger partial charge in [0, 0.05) is 22.6 Å². The number of carboxylic acid groups (broad SMARTS) is 1. The Hall–Kier alpha value is -3.13. The topological polar surface area (TPSA) is 97.2 Å². The number of carboxylic acids is 1. The largest absolute Gasteiger partial charge is 0.478 e. The number of ether oxygens (including phenoxy) is 1. The predicted molar refractivity (Wildman–Crippen MR) is 107 cm³/mol. The maximum absolute atomic E-state index is 11.1. The van der Waals surface area contributed by atoms with Gasteiger partial charge in [0.15, 0.2) is 11.9 Å². The number of fused-ring (bicyclic) bond motifs is 3. The Kier molecular flexibility index (Phi) is 5.12. The molecule has 7 nitrogen and oxygen atoms in total. The van der Waals surface area contributed by atoms with E-state index in [1.165, 1.54) is 11.8 Å². The van der Waals surface area contributed by atoms with E-state index in [-0.39, 0.29) is 5.56 Å². The number of hydrogen-bond acceptors (Lipinski definition) is 7. The Balaban J connectivity index is 1.75. The lowest BCUT2D eigenvalue weighted by molar-refractivity contribution is 0.0696. The number of benzene rings is 2. The second-order valence-corrected chi connectivity index (χ2v) is 7.27. The van der Waals surface area contributed by atoms with Gasteiger partial charge in [0.05, 0.1) is 5.56 Å². The molecule has 2 aromatic carbocycles. The molecule has 0 radical (unpaired) electrons. The van der Waals surface area contributed by atoms with Gasteiger partial charge in [-0.15, -0.1) is 10.2 Å². The molecule has 28 heavy (non-hydrogen) atoms. The summed E-state index contributed by atoms with van der Waals surface area (Å²) < 4.78 is 6.16. The van der Waals surface area contributed by atoms with Crippen LogP contribution in [-0.4, -0.2) is 32.0 Å². The van der Waals surface area contributed by atoms with Crippen LogP contribution in [0.3, 0.4) is 0 Å². The number of para-hydroxylation sites is 1. The van der Waals surface area contributed by atoms with E-state index in [2.05, 4.69) is 27.4 Å². The molecule has 0 unspecified atom stereocenters. The van der Waals surface area contributed by atoms with Crippen molar-refractivity contribution in [2.45, 2.75) is 24.7 Å². The molecule has 4 rings (SSSR count). The lowest BCUT2D eigenvalue weighted by atomic mass is 10.1. The summed E-state index contributed by atoms with van der Waals surface area (Å²) in [4.78, 5) is 15.7. The van der Waals surface area contributed by atoms with Crippen molar-refractivity contribution in [3.63, 3.8) is 0 Å². The highest BCUT2D eigenvalue weighted by atomic mass is 32.2. The minimum atomic E-state index is -0.966. The second-order valence-electron chi connectivity index (χ2n) is 6.21. The van der Waals surface area contributed by atoms with Gasteiger partial charge in [-0.1, -0.05) is 49.0 Å². The molecule has 2 heterocycles. The van der Waals surface area contributed by atoms with E-state index in [0.717, 1.165) is 29.0 Å². The normalized spacial score (nSPS) is 14.8. The predicted octanol–water partition coefficient (Wildman–Crippen LogP) is 4.24. The van der Waals surface area contributed by atoms with Crippen molar-refractivity contribution >= 4 is 23.4 Å². The number of aromatic carboxylic acids is 1. The molecule has 0 spiro atoms. The van der Waals surface area contributed by atoms with Crippen LogP contribution < -0.4 is 10.1 Å². The fourth-order valence-electron chi connectivity index (χ4n) is 2.85. The zero-order valence-corrected chi connectivity index (χ0v) is 15.9. The van der Waals surface area contributed by atoms with E-state index in [9.17, 15) is 4.79 Å². The standard InChI is InChI=1S/C20H18N4O3S/c1-2-11-28-20-22-18-16(23-24-20)14-5-3-4-6-15(14)21-17(27-18)12-7-9-13(10-8-12)19(25)26/h3-10,17,21H,2,11H2,1H3,(H,25,26)/t17-/m1/s1. The molecular formula is C20H18N4O3S. The summed E-state index contributed by atoms with van der Waals surface area (Å²) in [6, 6.07) is 14.3. The number of nitrogens with zero attached hydrogens (tertiary/aromatic N) is 3. The van der Waals surface area contributed by atoms with Gasteiger partial charge >= 0.3 is 5.97 Å². The number of nitrogens with one attached hydrogen (secondary N) is 1. The van der Waals surface area contributed by atoms with Crippen LogP contribution in [0.1, 0.15) is 35.5 Å². The number of rotatable bonds is 5. The molecule has 1 atom stereocenters. The Labute approximate surface area is 166 Å². The highest BCUT2D eigenvalue weighted by Crippen LogP contribution is 2.39. The van der Waals surface area contributed by atoms with Gasteiger partial charge in [-0.25, -0.2) is 4.79 Å². The first kappa shape index (κ1) is 18.2. The molecule has 1 aliphatic rings. The second kappa shape index (κ2) is 7.85. The average Bonchev–Trinajstić information content (AvgIpc) is 2.88. The molecule has 1 aromatic heterocycles. The Morgan fingerprint density at radius 1 is 1.18 bits per heavy atom. The monoisotopic (exact) mass is 394 g/mol. The van der Waals surface area contributed by atoms with Crippen LogP contribution in [0.25, 0.3) is 11.3 Å². The average molecular weight is 394 g/mol. The van der Waals surface area contributed by atoms with E-state index in [1.54, 1.807) is 24.3 Å². The molecule has 0 saturated carbocycles. The van der Waals surface area contributed by atoms with Crippen molar-refractivity contribution in [3.05, 3.63) is 59.7 Å². The van der Waals surface area contributed by atoms with Crippen molar-refractivity contribution in [2.24, 2.45) is 0 Å². The molecular weight excluding hydrogens is 376 g/mol. The third kappa shape index (κ3) is 3.63. The molecule has 8 heteroatoms. The van der Waals surface area contributed by atoms with Crippen LogP contribution in [-0.2, 0) is 0 Å². The minimum absolute atomic E-state index is 0.223. The number of thioether (sulfide) groups is 1. The Morgan fingerprint density at radius 3 is 2.71 bits per heavy atom. The zero-order chi connectivity index (χ0) is 19.5. The van der Waals surface area contributed by atoms with Crippen molar-refractivity contribution in [1.29, 1.82) is 0 Å². The van der Waals surface area contributed by atoms with Crippen LogP contribution in [0.5, 0.6) is 5.88 Å². The molecule has 1 aliphatic heterocycles. The Morgan fingerprint density at radius 2 is 1.96 bits per heavy atom. The van der Waals surface area contributed by atoms with Crippen molar-refractivity contribution in [2.75, 3.05) is 11.1 Å². The SMILES string of the molecule is CCCSc1nnc2c(n1)O[C@H](c1ccc(C(=O)O)cc1)Nc1ccccc1-2. The van der Waals surface area contributed by atoms with Gasteiger partial charge in [0.25, 0.3) is 0 Å². The molecule has 2 N–H and O–H groups in total. The van der Waals surface area contributed by atoms with E-state index in [1.807, 2.05) is 24.3 Å². The third-order valence-electron chi connectivity index (χ3n) is 4.23. The van der Waals surface area contributed by atoms with Crippen LogP contribution in [0, 0.1) is 0 Å². The van der Waals surface area contributed by atoms with Crippen LogP contribution in [0.2, 0.25) is 0 Å². The summed E-state index contributed by atoms with van der Waals surface area (Å²) in [5.41, 5.74) is 3.29. The van der Waals surface area contributed by atoms with Crippen LogP contribution >= 0.6 is 11.8 Å². The van der Waals surface area contributed by atoms with Crippen LogP contribution in [0.15, 0.2) is 53.7 Å². The fraction of sp³-hybridized carbons (Fsp3) is 0.200. The summed E-state index contributed by atoms with van der Waals surface area (Å²) in [7, 11) is 0. The van der Waals surface area contributed by atoms with E-state index in [0.29, 0.717) is 16.7 Å².